The van der Waals surface area contributed by atoms with Gasteiger partial charge in [-0.25, -0.2) is 13.4 Å². The minimum absolute atomic E-state index is 0.0100. The van der Waals surface area contributed by atoms with Gasteiger partial charge < -0.3 is 28.9 Å². The summed E-state index contributed by atoms with van der Waals surface area (Å²) in [6.07, 6.45) is 2.40. The maximum Gasteiger partial charge on any atom is 0.262 e. The Kier molecular flexibility index (Phi) is 7.82. The molecule has 5 rings (SSSR count). The number of aryl methyl sites for hydroxylation is 1. The van der Waals surface area contributed by atoms with Gasteiger partial charge in [-0.3, -0.25) is 4.79 Å². The van der Waals surface area contributed by atoms with Crippen molar-refractivity contribution in [3.8, 4) is 0 Å². The van der Waals surface area contributed by atoms with Crippen LogP contribution in [0.15, 0.2) is 47.9 Å². The van der Waals surface area contributed by atoms with Gasteiger partial charge in [-0.2, -0.15) is 4.31 Å². The summed E-state index contributed by atoms with van der Waals surface area (Å²) in [5.74, 6) is 0.0521. The number of carbonyl (C=O) groups is 1. The number of anilines is 1. The maximum absolute atomic E-state index is 13.4. The van der Waals surface area contributed by atoms with Crippen molar-refractivity contribution >= 4 is 21.6 Å². The molecule has 1 aromatic heterocycles. The zero-order valence-corrected chi connectivity index (χ0v) is 21.9. The van der Waals surface area contributed by atoms with E-state index < -0.39 is 28.3 Å². The van der Waals surface area contributed by atoms with Gasteiger partial charge in [-0.1, -0.05) is 18.2 Å². The molecule has 0 bridgehead atoms. The first-order valence-electron chi connectivity index (χ1n) is 12.8. The number of ether oxygens (including phenoxy) is 2. The first-order chi connectivity index (χ1) is 17.8. The average molecular weight is 534 g/mol. The SMILES string of the molecule is Cn1cnc(S(=O)(=O)N2C[C@H](O)COC[C@@H]3O[C@@H](CC(=O)N4CCN(c5ccccc5)CC4)CC[C@H]32)c1. The van der Waals surface area contributed by atoms with E-state index in [1.165, 1.54) is 16.8 Å². The number of fused-ring (bicyclic) bond motifs is 1. The molecule has 4 heterocycles. The van der Waals surface area contributed by atoms with Crippen LogP contribution in [0.2, 0.25) is 0 Å². The molecule has 12 heteroatoms. The number of hydrogen-bond acceptors (Lipinski definition) is 8. The van der Waals surface area contributed by atoms with Gasteiger partial charge in [0, 0.05) is 51.7 Å². The Morgan fingerprint density at radius 1 is 1.11 bits per heavy atom. The molecule has 0 radical (unpaired) electrons. The first-order valence-corrected chi connectivity index (χ1v) is 14.2. The van der Waals surface area contributed by atoms with Crippen LogP contribution < -0.4 is 4.90 Å². The first kappa shape index (κ1) is 26.1. The van der Waals surface area contributed by atoms with Crippen molar-refractivity contribution in [2.75, 3.05) is 50.8 Å². The van der Waals surface area contributed by atoms with Crippen molar-refractivity contribution in [3.63, 3.8) is 0 Å². The summed E-state index contributed by atoms with van der Waals surface area (Å²) < 4.78 is 41.7. The van der Waals surface area contributed by atoms with E-state index in [0.717, 1.165) is 18.8 Å². The third-order valence-electron chi connectivity index (χ3n) is 7.34. The molecule has 3 saturated heterocycles. The molecule has 3 aliphatic heterocycles. The number of rotatable bonds is 5. The topological polar surface area (TPSA) is 117 Å². The highest BCUT2D eigenvalue weighted by atomic mass is 32.2. The van der Waals surface area contributed by atoms with Crippen LogP contribution in [0.25, 0.3) is 0 Å². The monoisotopic (exact) mass is 533 g/mol. The number of imidazole rings is 1. The number of aromatic nitrogens is 2. The fourth-order valence-electron chi connectivity index (χ4n) is 5.39. The standard InChI is InChI=1S/C25H35N5O6S/c1-27-15-24(26-18-27)37(33,34)30-14-20(31)16-35-17-23-22(30)8-7-21(36-23)13-25(32)29-11-9-28(10-12-29)19-5-3-2-4-6-19/h2-6,15,18,20-23,31H,7-14,16-17H2,1H3/t20-,21+,22+,23-/m0/s1. The number of aliphatic hydroxyl groups excluding tert-OH is 1. The molecular formula is C25H35N5O6S. The summed E-state index contributed by atoms with van der Waals surface area (Å²) in [5.41, 5.74) is 1.16. The van der Waals surface area contributed by atoms with Crippen molar-refractivity contribution in [2.45, 2.75) is 48.6 Å². The van der Waals surface area contributed by atoms with Crippen LogP contribution in [0.3, 0.4) is 0 Å². The van der Waals surface area contributed by atoms with Crippen LogP contribution in [-0.4, -0.2) is 108 Å². The molecule has 2 aromatic rings. The summed E-state index contributed by atoms with van der Waals surface area (Å²) in [4.78, 5) is 21.3. The van der Waals surface area contributed by atoms with Crippen LogP contribution in [0, 0.1) is 0 Å². The lowest BCUT2D eigenvalue weighted by molar-refractivity contribution is -0.151. The number of piperazine rings is 1. The fraction of sp³-hybridized carbons (Fsp3) is 0.600. The quantitative estimate of drug-likeness (QED) is 0.589. The molecule has 202 valence electrons. The van der Waals surface area contributed by atoms with Gasteiger partial charge in [-0.05, 0) is 25.0 Å². The van der Waals surface area contributed by atoms with Gasteiger partial charge in [0.25, 0.3) is 10.0 Å². The predicted molar refractivity (Wildman–Crippen MR) is 135 cm³/mol. The molecule has 1 amide bonds. The molecule has 37 heavy (non-hydrogen) atoms. The Morgan fingerprint density at radius 3 is 2.57 bits per heavy atom. The summed E-state index contributed by atoms with van der Waals surface area (Å²) in [6.45, 7) is 2.93. The molecule has 3 aliphatic rings. The van der Waals surface area contributed by atoms with Crippen LogP contribution >= 0.6 is 0 Å². The highest BCUT2D eigenvalue weighted by molar-refractivity contribution is 7.89. The highest BCUT2D eigenvalue weighted by Gasteiger charge is 2.44. The fourth-order valence-corrected chi connectivity index (χ4v) is 7.08. The molecule has 4 atom stereocenters. The molecule has 0 aliphatic carbocycles. The minimum atomic E-state index is -3.94. The van der Waals surface area contributed by atoms with E-state index in [0.29, 0.717) is 25.9 Å². The van der Waals surface area contributed by atoms with Gasteiger partial charge in [0.2, 0.25) is 5.91 Å². The molecule has 1 N–H and O–H groups in total. The second kappa shape index (κ2) is 11.1. The number of aliphatic hydroxyl groups is 1. The van der Waals surface area contributed by atoms with E-state index in [4.69, 9.17) is 9.47 Å². The Bertz CT molecular complexity index is 1170. The second-order valence-corrected chi connectivity index (χ2v) is 11.8. The van der Waals surface area contributed by atoms with Crippen LogP contribution in [0.4, 0.5) is 5.69 Å². The van der Waals surface area contributed by atoms with Crippen LogP contribution in [0.5, 0.6) is 0 Å². The van der Waals surface area contributed by atoms with Gasteiger partial charge in [0.15, 0.2) is 5.03 Å². The lowest BCUT2D eigenvalue weighted by atomic mass is 9.96. The van der Waals surface area contributed by atoms with E-state index >= 15 is 0 Å². The number of amides is 1. The number of nitrogens with zero attached hydrogens (tertiary/aromatic N) is 5. The predicted octanol–water partition coefficient (Wildman–Crippen LogP) is 0.457. The zero-order chi connectivity index (χ0) is 26.0. The number of sulfonamides is 1. The highest BCUT2D eigenvalue weighted by Crippen LogP contribution is 2.31. The summed E-state index contributed by atoms with van der Waals surface area (Å²) >= 11 is 0. The normalized spacial score (nSPS) is 27.8. The lowest BCUT2D eigenvalue weighted by Gasteiger charge is -2.43. The van der Waals surface area contributed by atoms with Crippen molar-refractivity contribution in [1.29, 1.82) is 0 Å². The summed E-state index contributed by atoms with van der Waals surface area (Å²) in [7, 11) is -2.24. The van der Waals surface area contributed by atoms with Gasteiger partial charge in [-0.15, -0.1) is 0 Å². The van der Waals surface area contributed by atoms with Crippen LogP contribution in [0.1, 0.15) is 19.3 Å². The number of carbonyl (C=O) groups excluding carboxylic acids is 1. The third kappa shape index (κ3) is 5.83. The van der Waals surface area contributed by atoms with Crippen molar-refractivity contribution in [3.05, 3.63) is 42.9 Å². The number of para-hydroxylation sites is 1. The lowest BCUT2D eigenvalue weighted by Crippen LogP contribution is -2.57. The van der Waals surface area contributed by atoms with Gasteiger partial charge >= 0.3 is 0 Å². The Hall–Kier alpha value is -2.51. The van der Waals surface area contributed by atoms with E-state index in [1.807, 2.05) is 23.1 Å². The van der Waals surface area contributed by atoms with E-state index in [-0.39, 0.29) is 43.2 Å². The molecule has 0 unspecified atom stereocenters. The molecule has 3 fully saturated rings. The zero-order valence-electron chi connectivity index (χ0n) is 21.1. The Morgan fingerprint density at radius 2 is 1.86 bits per heavy atom. The molecule has 11 nitrogen and oxygen atoms in total. The number of benzene rings is 1. The van der Waals surface area contributed by atoms with E-state index in [9.17, 15) is 18.3 Å². The van der Waals surface area contributed by atoms with Crippen molar-refractivity contribution in [2.24, 2.45) is 7.05 Å². The number of β-amino-alcohol motifs (C(OH)–C–C–N with tert-alkyl or cyclic N) is 1. The maximum atomic E-state index is 13.4. The summed E-state index contributed by atoms with van der Waals surface area (Å²) in [5, 5.41) is 10.3. The summed E-state index contributed by atoms with van der Waals surface area (Å²) in [6, 6.07) is 9.68. The molecular weight excluding hydrogens is 498 g/mol. The van der Waals surface area contributed by atoms with E-state index in [2.05, 4.69) is 22.0 Å². The average Bonchev–Trinajstić information content (AvgIpc) is 3.34. The number of hydrogen-bond donors (Lipinski definition) is 1. The molecule has 0 saturated carbocycles. The smallest absolute Gasteiger partial charge is 0.262 e. The third-order valence-corrected chi connectivity index (χ3v) is 9.12. The molecule has 0 spiro atoms. The van der Waals surface area contributed by atoms with E-state index in [1.54, 1.807) is 11.6 Å². The minimum Gasteiger partial charge on any atom is -0.389 e. The second-order valence-electron chi connectivity index (χ2n) is 9.99. The Labute approximate surface area is 217 Å². The molecule has 1 aromatic carbocycles. The Balaban J connectivity index is 1.21. The van der Waals surface area contributed by atoms with Crippen molar-refractivity contribution < 1.29 is 27.8 Å². The van der Waals surface area contributed by atoms with Crippen LogP contribution in [-0.2, 0) is 31.3 Å². The van der Waals surface area contributed by atoms with Gasteiger partial charge in [0.05, 0.1) is 50.3 Å². The van der Waals surface area contributed by atoms with Gasteiger partial charge in [0.1, 0.15) is 0 Å². The largest absolute Gasteiger partial charge is 0.389 e. The van der Waals surface area contributed by atoms with Crippen molar-refractivity contribution in [1.82, 2.24) is 18.8 Å².